The van der Waals surface area contributed by atoms with Gasteiger partial charge >= 0.3 is 5.97 Å². The zero-order valence-corrected chi connectivity index (χ0v) is 9.05. The normalized spacial score (nSPS) is 49.2. The molecule has 0 unspecified atom stereocenters. The molecule has 4 nitrogen and oxygen atoms in total. The van der Waals surface area contributed by atoms with Gasteiger partial charge in [0.2, 0.25) is 0 Å². The highest BCUT2D eigenvalue weighted by Crippen LogP contribution is 2.44. The highest BCUT2D eigenvalue weighted by molar-refractivity contribution is 14.1. The molecule has 13 heavy (non-hydrogen) atoms. The van der Waals surface area contributed by atoms with Crippen molar-refractivity contribution in [1.82, 2.24) is 0 Å². The maximum atomic E-state index is 11.0. The lowest BCUT2D eigenvalue weighted by Gasteiger charge is -2.16. The SMILES string of the molecule is O=C1C[C@@H]2[C@H](CO)[C@H](O)[C@@H](I)[C@@H]2O1. The van der Waals surface area contributed by atoms with Gasteiger partial charge in [0.15, 0.2) is 0 Å². The van der Waals surface area contributed by atoms with Gasteiger partial charge in [-0.1, -0.05) is 22.6 Å². The zero-order chi connectivity index (χ0) is 9.59. The van der Waals surface area contributed by atoms with Crippen LogP contribution in [0, 0.1) is 11.8 Å². The number of ether oxygens (including phenoxy) is 1. The minimum atomic E-state index is -0.548. The molecule has 1 aliphatic carbocycles. The van der Waals surface area contributed by atoms with Crippen LogP contribution in [-0.4, -0.2) is 38.9 Å². The maximum absolute atomic E-state index is 11.0. The Morgan fingerprint density at radius 3 is 2.92 bits per heavy atom. The average Bonchev–Trinajstić information content (AvgIpc) is 2.54. The third kappa shape index (κ3) is 1.37. The molecule has 0 radical (unpaired) electrons. The van der Waals surface area contributed by atoms with Gasteiger partial charge in [0.25, 0.3) is 0 Å². The standard InChI is InChI=1S/C8H11IO4/c9-6-7(12)4(2-10)3-1-5(11)13-8(3)6/h3-4,6-8,10,12H,1-2H2/t3-,4+,6-,7+,8-/m1/s1. The largest absolute Gasteiger partial charge is 0.461 e. The van der Waals surface area contributed by atoms with Crippen LogP contribution in [0.2, 0.25) is 0 Å². The molecule has 0 spiro atoms. The Bertz CT molecular complexity index is 232. The van der Waals surface area contributed by atoms with Crippen molar-refractivity contribution >= 4 is 28.6 Å². The highest BCUT2D eigenvalue weighted by Gasteiger charge is 2.54. The van der Waals surface area contributed by atoms with E-state index in [1.54, 1.807) is 0 Å². The number of alkyl halides is 1. The van der Waals surface area contributed by atoms with E-state index in [0.717, 1.165) is 0 Å². The van der Waals surface area contributed by atoms with Gasteiger partial charge in [0, 0.05) is 18.4 Å². The van der Waals surface area contributed by atoms with Crippen LogP contribution < -0.4 is 0 Å². The molecule has 2 rings (SSSR count). The van der Waals surface area contributed by atoms with Crippen LogP contribution in [0.1, 0.15) is 6.42 Å². The Morgan fingerprint density at radius 2 is 2.31 bits per heavy atom. The number of rotatable bonds is 1. The quantitative estimate of drug-likeness (QED) is 0.396. The summed E-state index contributed by atoms with van der Waals surface area (Å²) < 4.78 is 5.00. The van der Waals surface area contributed by atoms with Gasteiger partial charge in [-0.15, -0.1) is 0 Å². The van der Waals surface area contributed by atoms with E-state index in [1.165, 1.54) is 0 Å². The summed E-state index contributed by atoms with van der Waals surface area (Å²) in [5, 5.41) is 18.7. The highest BCUT2D eigenvalue weighted by atomic mass is 127. The minimum Gasteiger partial charge on any atom is -0.461 e. The van der Waals surface area contributed by atoms with Crippen LogP contribution in [0.4, 0.5) is 0 Å². The van der Waals surface area contributed by atoms with Gasteiger partial charge in [0.05, 0.1) is 16.4 Å². The van der Waals surface area contributed by atoms with Crippen molar-refractivity contribution < 1.29 is 19.7 Å². The second kappa shape index (κ2) is 3.36. The molecule has 74 valence electrons. The van der Waals surface area contributed by atoms with Gasteiger partial charge in [-0.05, 0) is 0 Å². The number of fused-ring (bicyclic) bond motifs is 1. The number of carbonyl (C=O) groups is 1. The van der Waals surface area contributed by atoms with E-state index in [0.29, 0.717) is 6.42 Å². The molecule has 0 amide bonds. The van der Waals surface area contributed by atoms with Crippen molar-refractivity contribution in [3.8, 4) is 0 Å². The summed E-state index contributed by atoms with van der Waals surface area (Å²) in [5.41, 5.74) is 0. The lowest BCUT2D eigenvalue weighted by molar-refractivity contribution is -0.141. The molecular weight excluding hydrogens is 287 g/mol. The number of carbonyl (C=O) groups excluding carboxylic acids is 1. The molecule has 2 fully saturated rings. The maximum Gasteiger partial charge on any atom is 0.306 e. The number of aliphatic hydroxyl groups excluding tert-OH is 2. The Morgan fingerprint density at radius 1 is 1.62 bits per heavy atom. The molecule has 1 saturated heterocycles. The molecule has 1 heterocycles. The lowest BCUT2D eigenvalue weighted by Crippen LogP contribution is -2.28. The monoisotopic (exact) mass is 298 g/mol. The Hall–Kier alpha value is 0.120. The van der Waals surface area contributed by atoms with Crippen LogP contribution in [0.5, 0.6) is 0 Å². The first kappa shape index (κ1) is 9.67. The van der Waals surface area contributed by atoms with E-state index in [4.69, 9.17) is 9.84 Å². The Kier molecular flexibility index (Phi) is 2.50. The number of halogens is 1. The van der Waals surface area contributed by atoms with Crippen molar-refractivity contribution in [3.63, 3.8) is 0 Å². The van der Waals surface area contributed by atoms with Crippen LogP contribution in [0.15, 0.2) is 0 Å². The van der Waals surface area contributed by atoms with E-state index in [2.05, 4.69) is 22.6 Å². The molecule has 0 aromatic carbocycles. The van der Waals surface area contributed by atoms with E-state index in [1.807, 2.05) is 0 Å². The third-order valence-electron chi connectivity index (χ3n) is 2.93. The predicted octanol–water partition coefficient (Wildman–Crippen LogP) is -0.295. The molecule has 0 aromatic rings. The summed E-state index contributed by atoms with van der Waals surface area (Å²) in [4.78, 5) is 11.0. The second-order valence-corrected chi connectivity index (χ2v) is 5.04. The van der Waals surface area contributed by atoms with Crippen molar-refractivity contribution in [2.45, 2.75) is 22.6 Å². The summed E-state index contributed by atoms with van der Waals surface area (Å²) in [6.45, 7) is -0.0710. The smallest absolute Gasteiger partial charge is 0.306 e. The van der Waals surface area contributed by atoms with Crippen LogP contribution in [0.3, 0.4) is 0 Å². The van der Waals surface area contributed by atoms with Crippen LogP contribution in [-0.2, 0) is 9.53 Å². The first-order chi connectivity index (χ1) is 6.15. The number of aliphatic hydroxyl groups is 2. The topological polar surface area (TPSA) is 66.8 Å². The van der Waals surface area contributed by atoms with Gasteiger partial charge in [-0.3, -0.25) is 4.79 Å². The van der Waals surface area contributed by atoms with Gasteiger partial charge in [-0.2, -0.15) is 0 Å². The van der Waals surface area contributed by atoms with Crippen molar-refractivity contribution in [2.75, 3.05) is 6.61 Å². The van der Waals surface area contributed by atoms with Crippen LogP contribution >= 0.6 is 22.6 Å². The van der Waals surface area contributed by atoms with Gasteiger partial charge in [0.1, 0.15) is 6.10 Å². The fourth-order valence-corrected chi connectivity index (χ4v) is 3.43. The molecular formula is C8H11IO4. The third-order valence-corrected chi connectivity index (χ3v) is 4.38. The van der Waals surface area contributed by atoms with Crippen molar-refractivity contribution in [2.24, 2.45) is 11.8 Å². The van der Waals surface area contributed by atoms with Gasteiger partial charge in [-0.25, -0.2) is 0 Å². The summed E-state index contributed by atoms with van der Waals surface area (Å²) >= 11 is 2.09. The number of esters is 1. The predicted molar refractivity (Wildman–Crippen MR) is 52.4 cm³/mol. The molecule has 5 atom stereocenters. The molecule has 2 aliphatic rings. The number of hydrogen-bond acceptors (Lipinski definition) is 4. The van der Waals surface area contributed by atoms with E-state index >= 15 is 0 Å². The first-order valence-corrected chi connectivity index (χ1v) is 5.52. The minimum absolute atomic E-state index is 0.00870. The van der Waals surface area contributed by atoms with Crippen LogP contribution in [0.25, 0.3) is 0 Å². The van der Waals surface area contributed by atoms with Crippen molar-refractivity contribution in [3.05, 3.63) is 0 Å². The van der Waals surface area contributed by atoms with Crippen molar-refractivity contribution in [1.29, 1.82) is 0 Å². The summed E-state index contributed by atoms with van der Waals surface area (Å²) in [6, 6.07) is 0. The van der Waals surface area contributed by atoms with Gasteiger partial charge < -0.3 is 14.9 Å². The van der Waals surface area contributed by atoms with E-state index in [-0.39, 0.29) is 34.4 Å². The Labute approximate surface area is 89.4 Å². The number of hydrogen-bond donors (Lipinski definition) is 2. The molecule has 0 bridgehead atoms. The molecule has 2 N–H and O–H groups in total. The molecule has 1 aliphatic heterocycles. The van der Waals surface area contributed by atoms with E-state index in [9.17, 15) is 9.90 Å². The fourth-order valence-electron chi connectivity index (χ4n) is 2.22. The fraction of sp³-hybridized carbons (Fsp3) is 0.875. The van der Waals surface area contributed by atoms with E-state index < -0.39 is 6.10 Å². The average molecular weight is 298 g/mol. The molecule has 1 saturated carbocycles. The first-order valence-electron chi connectivity index (χ1n) is 4.27. The summed E-state index contributed by atoms with van der Waals surface area (Å²) in [6.07, 6.45) is -0.402. The summed E-state index contributed by atoms with van der Waals surface area (Å²) in [5.74, 6) is -0.394. The second-order valence-electron chi connectivity index (χ2n) is 3.60. The zero-order valence-electron chi connectivity index (χ0n) is 6.89. The summed E-state index contributed by atoms with van der Waals surface area (Å²) in [7, 11) is 0. The molecule has 5 heteroatoms. The Balaban J connectivity index is 2.19. The lowest BCUT2D eigenvalue weighted by atomic mass is 9.93. The molecule has 0 aromatic heterocycles.